The van der Waals surface area contributed by atoms with Crippen molar-refractivity contribution in [1.82, 2.24) is 10.2 Å². The number of phenols is 2. The molecule has 0 aliphatic carbocycles. The monoisotopic (exact) mass is 392 g/mol. The zero-order valence-electron chi connectivity index (χ0n) is 18.7. The lowest BCUT2D eigenvalue weighted by atomic mass is 9.78. The first-order valence-corrected chi connectivity index (χ1v) is 10.0. The summed E-state index contributed by atoms with van der Waals surface area (Å²) in [6, 6.07) is 10.0. The zero-order chi connectivity index (χ0) is 21.7. The Bertz CT molecular complexity index is 1010. The van der Waals surface area contributed by atoms with Gasteiger partial charge in [-0.05, 0) is 66.1 Å². The molecule has 2 aromatic carbocycles. The van der Waals surface area contributed by atoms with Gasteiger partial charge in [-0.25, -0.2) is 0 Å². The van der Waals surface area contributed by atoms with Crippen molar-refractivity contribution in [2.24, 2.45) is 0 Å². The van der Waals surface area contributed by atoms with Crippen LogP contribution in [-0.4, -0.2) is 20.4 Å². The van der Waals surface area contributed by atoms with Crippen LogP contribution in [0.3, 0.4) is 0 Å². The van der Waals surface area contributed by atoms with E-state index in [-0.39, 0.29) is 10.8 Å². The molecule has 3 rings (SSSR count). The summed E-state index contributed by atoms with van der Waals surface area (Å²) < 4.78 is 0. The number of aromatic amines is 1. The molecule has 0 saturated heterocycles. The smallest absolute Gasteiger partial charge is 0.123 e. The van der Waals surface area contributed by atoms with Gasteiger partial charge in [-0.3, -0.25) is 5.10 Å². The summed E-state index contributed by atoms with van der Waals surface area (Å²) in [5.41, 5.74) is 6.84. The highest BCUT2D eigenvalue weighted by atomic mass is 16.3. The van der Waals surface area contributed by atoms with Crippen molar-refractivity contribution in [3.63, 3.8) is 0 Å². The molecular formula is C25H32N2O2. The van der Waals surface area contributed by atoms with Crippen LogP contribution < -0.4 is 0 Å². The first-order valence-electron chi connectivity index (χ1n) is 10.0. The number of phenolic OH excluding ortho intramolecular Hbond substituents is 2. The first-order chi connectivity index (χ1) is 13.3. The normalized spacial score (nSPS) is 12.4. The van der Waals surface area contributed by atoms with Gasteiger partial charge in [-0.1, -0.05) is 41.5 Å². The number of nitrogens with one attached hydrogen (secondary N) is 1. The minimum absolute atomic E-state index is 0.186. The molecule has 4 heteroatoms. The highest BCUT2D eigenvalue weighted by molar-refractivity contribution is 5.72. The molecular weight excluding hydrogens is 360 g/mol. The number of hydrogen-bond acceptors (Lipinski definition) is 3. The van der Waals surface area contributed by atoms with Crippen molar-refractivity contribution < 1.29 is 10.2 Å². The molecule has 0 spiro atoms. The zero-order valence-corrected chi connectivity index (χ0v) is 18.7. The average molecular weight is 393 g/mol. The third kappa shape index (κ3) is 4.02. The maximum Gasteiger partial charge on any atom is 0.123 e. The largest absolute Gasteiger partial charge is 0.507 e. The molecule has 0 aliphatic rings. The molecule has 0 saturated carbocycles. The van der Waals surface area contributed by atoms with Crippen LogP contribution in [0.1, 0.15) is 63.8 Å². The van der Waals surface area contributed by atoms with Crippen LogP contribution in [0.5, 0.6) is 11.5 Å². The number of H-pyrrole nitrogens is 1. The van der Waals surface area contributed by atoms with E-state index in [0.29, 0.717) is 11.5 Å². The Hall–Kier alpha value is -2.75. The van der Waals surface area contributed by atoms with Gasteiger partial charge in [0, 0.05) is 22.3 Å². The fourth-order valence-corrected chi connectivity index (χ4v) is 3.65. The van der Waals surface area contributed by atoms with E-state index in [9.17, 15) is 10.2 Å². The van der Waals surface area contributed by atoms with Gasteiger partial charge in [0.2, 0.25) is 0 Å². The molecule has 4 nitrogen and oxygen atoms in total. The maximum atomic E-state index is 11.0. The van der Waals surface area contributed by atoms with E-state index in [1.165, 1.54) is 0 Å². The van der Waals surface area contributed by atoms with Crippen molar-refractivity contribution in [3.05, 3.63) is 52.6 Å². The number of aromatic nitrogens is 2. The lowest BCUT2D eigenvalue weighted by molar-refractivity contribution is 0.423. The van der Waals surface area contributed by atoms with E-state index in [0.717, 1.165) is 44.8 Å². The second-order valence-electron chi connectivity index (χ2n) is 10.0. The van der Waals surface area contributed by atoms with Crippen LogP contribution in [0.15, 0.2) is 30.3 Å². The summed E-state index contributed by atoms with van der Waals surface area (Å²) >= 11 is 0. The predicted molar refractivity (Wildman–Crippen MR) is 120 cm³/mol. The highest BCUT2D eigenvalue weighted by Gasteiger charge is 2.27. The highest BCUT2D eigenvalue weighted by Crippen LogP contribution is 2.42. The van der Waals surface area contributed by atoms with E-state index < -0.39 is 0 Å². The van der Waals surface area contributed by atoms with Gasteiger partial charge in [0.15, 0.2) is 0 Å². The minimum atomic E-state index is -0.186. The van der Waals surface area contributed by atoms with Crippen molar-refractivity contribution in [2.45, 2.75) is 66.2 Å². The number of rotatable bonds is 2. The van der Waals surface area contributed by atoms with E-state index >= 15 is 0 Å². The van der Waals surface area contributed by atoms with Crippen molar-refractivity contribution >= 4 is 0 Å². The van der Waals surface area contributed by atoms with E-state index in [2.05, 4.69) is 63.9 Å². The maximum absolute atomic E-state index is 11.0. The molecule has 0 atom stereocenters. The summed E-state index contributed by atoms with van der Waals surface area (Å²) in [6.07, 6.45) is 0. The van der Waals surface area contributed by atoms with Crippen molar-refractivity contribution in [1.29, 1.82) is 0 Å². The Morgan fingerprint density at radius 1 is 0.690 bits per heavy atom. The molecule has 0 radical (unpaired) electrons. The molecule has 0 fully saturated rings. The van der Waals surface area contributed by atoms with Gasteiger partial charge in [0.25, 0.3) is 0 Å². The molecule has 3 aromatic rings. The second-order valence-corrected chi connectivity index (χ2v) is 10.0. The lowest BCUT2D eigenvalue weighted by Gasteiger charge is -2.28. The molecule has 3 N–H and O–H groups in total. The van der Waals surface area contributed by atoms with Crippen LogP contribution in [0.2, 0.25) is 0 Å². The number of nitrogens with zero attached hydrogens (tertiary/aromatic N) is 1. The molecule has 0 unspecified atom stereocenters. The molecule has 154 valence electrons. The topological polar surface area (TPSA) is 69.1 Å². The van der Waals surface area contributed by atoms with E-state index in [4.69, 9.17) is 0 Å². The van der Waals surface area contributed by atoms with E-state index in [1.807, 2.05) is 32.0 Å². The Morgan fingerprint density at radius 2 is 1.17 bits per heavy atom. The third-order valence-electron chi connectivity index (χ3n) is 5.40. The van der Waals surface area contributed by atoms with Crippen molar-refractivity contribution in [2.75, 3.05) is 0 Å². The molecule has 1 aromatic heterocycles. The van der Waals surface area contributed by atoms with Gasteiger partial charge in [0.05, 0.1) is 11.4 Å². The summed E-state index contributed by atoms with van der Waals surface area (Å²) in [5.74, 6) is 0.700. The van der Waals surface area contributed by atoms with Gasteiger partial charge in [-0.15, -0.1) is 0 Å². The summed E-state index contributed by atoms with van der Waals surface area (Å²) in [6.45, 7) is 16.4. The van der Waals surface area contributed by atoms with Gasteiger partial charge < -0.3 is 10.2 Å². The quantitative estimate of drug-likeness (QED) is 0.475. The summed E-state index contributed by atoms with van der Waals surface area (Å²) in [7, 11) is 0. The van der Waals surface area contributed by atoms with Crippen LogP contribution in [0.25, 0.3) is 22.5 Å². The van der Waals surface area contributed by atoms with Gasteiger partial charge in [0.1, 0.15) is 11.5 Å². The van der Waals surface area contributed by atoms with Crippen LogP contribution in [0, 0.1) is 13.8 Å². The van der Waals surface area contributed by atoms with Crippen LogP contribution in [0.4, 0.5) is 0 Å². The van der Waals surface area contributed by atoms with Crippen LogP contribution >= 0.6 is 0 Å². The van der Waals surface area contributed by atoms with Gasteiger partial charge in [-0.2, -0.15) is 5.10 Å². The SMILES string of the molecule is Cc1cc(-c2cc(-c3cc(C(C)(C)C)c(O)c(C(C)(C)C)c3)[nH]n2)cc(C)c1O. The van der Waals surface area contributed by atoms with Crippen molar-refractivity contribution in [3.8, 4) is 34.0 Å². The number of aryl methyl sites for hydroxylation is 2. The molecule has 0 amide bonds. The third-order valence-corrected chi connectivity index (χ3v) is 5.40. The van der Waals surface area contributed by atoms with Gasteiger partial charge >= 0.3 is 0 Å². The Labute approximate surface area is 173 Å². The minimum Gasteiger partial charge on any atom is -0.507 e. The fraction of sp³-hybridized carbons (Fsp3) is 0.400. The molecule has 0 aliphatic heterocycles. The second kappa shape index (κ2) is 6.94. The fourth-order valence-electron chi connectivity index (χ4n) is 3.65. The number of hydrogen-bond donors (Lipinski definition) is 3. The summed E-state index contributed by atoms with van der Waals surface area (Å²) in [4.78, 5) is 0. The number of aromatic hydroxyl groups is 2. The average Bonchev–Trinajstić information content (AvgIpc) is 3.07. The Balaban J connectivity index is 2.15. The molecule has 1 heterocycles. The predicted octanol–water partition coefficient (Wildman–Crippen LogP) is 6.37. The van der Waals surface area contributed by atoms with Crippen LogP contribution in [-0.2, 0) is 10.8 Å². The standard InChI is InChI=1S/C25H32N2O2/c1-14-9-16(10-15(2)22(14)28)20-13-21(27-26-20)17-11-18(24(3,4)5)23(29)19(12-17)25(6,7)8/h9-13,28-29H,1-8H3,(H,26,27). The molecule has 0 bridgehead atoms. The van der Waals surface area contributed by atoms with E-state index in [1.54, 1.807) is 0 Å². The number of benzene rings is 2. The molecule has 29 heavy (non-hydrogen) atoms. The first kappa shape index (κ1) is 21.0. The Morgan fingerprint density at radius 3 is 1.62 bits per heavy atom. The summed E-state index contributed by atoms with van der Waals surface area (Å²) in [5, 5.41) is 28.7. The lowest BCUT2D eigenvalue weighted by Crippen LogP contribution is -2.17. The Kier molecular flexibility index (Phi) is 5.02.